The molecule has 0 saturated heterocycles. The van der Waals surface area contributed by atoms with Gasteiger partial charge in [-0.2, -0.15) is 5.26 Å². The van der Waals surface area contributed by atoms with E-state index in [4.69, 9.17) is 5.26 Å². The summed E-state index contributed by atoms with van der Waals surface area (Å²) in [6, 6.07) is 3.67. The van der Waals surface area contributed by atoms with Crippen molar-refractivity contribution < 1.29 is 8.78 Å². The van der Waals surface area contributed by atoms with Crippen LogP contribution in [0.5, 0.6) is 0 Å². The van der Waals surface area contributed by atoms with Crippen LogP contribution in [0.3, 0.4) is 0 Å². The maximum Gasteiger partial charge on any atom is 0.195 e. The van der Waals surface area contributed by atoms with Crippen LogP contribution in [0.25, 0.3) is 10.2 Å². The number of rotatable bonds is 0. The fourth-order valence-electron chi connectivity index (χ4n) is 1.01. The van der Waals surface area contributed by atoms with Crippen LogP contribution in [-0.4, -0.2) is 4.98 Å². The molecule has 0 aliphatic heterocycles. The number of halogens is 2. The Hall–Kier alpha value is -1.54. The fourth-order valence-corrected chi connectivity index (χ4v) is 1.76. The summed E-state index contributed by atoms with van der Waals surface area (Å²) in [6.45, 7) is 0. The topological polar surface area (TPSA) is 36.7 Å². The lowest BCUT2D eigenvalue weighted by Crippen LogP contribution is -1.79. The van der Waals surface area contributed by atoms with E-state index in [0.717, 1.165) is 23.5 Å². The molecule has 1 aromatic carbocycles. The van der Waals surface area contributed by atoms with Gasteiger partial charge in [0.05, 0.1) is 10.2 Å². The number of benzene rings is 1. The van der Waals surface area contributed by atoms with Gasteiger partial charge < -0.3 is 0 Å². The molecule has 0 aliphatic carbocycles. The van der Waals surface area contributed by atoms with Crippen molar-refractivity contribution in [3.63, 3.8) is 0 Å². The zero-order valence-electron chi connectivity index (χ0n) is 6.21. The van der Waals surface area contributed by atoms with E-state index in [1.165, 1.54) is 0 Å². The Morgan fingerprint density at radius 1 is 1.38 bits per heavy atom. The SMILES string of the molecule is N#Cc1nc2cc(F)cc(F)c2s1. The summed E-state index contributed by atoms with van der Waals surface area (Å²) in [4.78, 5) is 3.73. The molecule has 0 saturated carbocycles. The molecule has 0 bridgehead atoms. The van der Waals surface area contributed by atoms with Crippen molar-refractivity contribution in [3.05, 3.63) is 28.8 Å². The molecule has 2 rings (SSSR count). The summed E-state index contributed by atoms with van der Waals surface area (Å²) in [7, 11) is 0. The van der Waals surface area contributed by atoms with Crippen LogP contribution in [0.2, 0.25) is 0 Å². The third-order valence-electron chi connectivity index (χ3n) is 1.51. The van der Waals surface area contributed by atoms with E-state index in [1.807, 2.05) is 0 Å². The first-order valence-electron chi connectivity index (χ1n) is 3.36. The highest BCUT2D eigenvalue weighted by Gasteiger charge is 2.09. The average Bonchev–Trinajstić information content (AvgIpc) is 2.47. The van der Waals surface area contributed by atoms with E-state index < -0.39 is 11.6 Å². The van der Waals surface area contributed by atoms with Gasteiger partial charge in [-0.3, -0.25) is 0 Å². The van der Waals surface area contributed by atoms with E-state index in [9.17, 15) is 8.78 Å². The number of aromatic nitrogens is 1. The lowest BCUT2D eigenvalue weighted by atomic mass is 10.3. The summed E-state index contributed by atoms with van der Waals surface area (Å²) in [5.74, 6) is -1.35. The smallest absolute Gasteiger partial charge is 0.195 e. The number of nitrogens with zero attached hydrogens (tertiary/aromatic N) is 2. The summed E-state index contributed by atoms with van der Waals surface area (Å²) >= 11 is 0.919. The van der Waals surface area contributed by atoms with E-state index in [0.29, 0.717) is 0 Å². The summed E-state index contributed by atoms with van der Waals surface area (Å²) in [6.07, 6.45) is 0. The Labute approximate surface area is 76.1 Å². The van der Waals surface area contributed by atoms with Crippen LogP contribution in [0.15, 0.2) is 12.1 Å². The maximum absolute atomic E-state index is 13.0. The molecule has 0 unspecified atom stereocenters. The second-order valence-corrected chi connectivity index (χ2v) is 3.37. The van der Waals surface area contributed by atoms with E-state index in [1.54, 1.807) is 6.07 Å². The molecule has 0 fully saturated rings. The van der Waals surface area contributed by atoms with Crippen molar-refractivity contribution in [2.45, 2.75) is 0 Å². The first-order chi connectivity index (χ1) is 6.20. The van der Waals surface area contributed by atoms with Crippen molar-refractivity contribution in [1.29, 1.82) is 5.26 Å². The third kappa shape index (κ3) is 1.25. The molecule has 2 nitrogen and oxygen atoms in total. The van der Waals surface area contributed by atoms with Crippen LogP contribution in [0.1, 0.15) is 5.01 Å². The standard InChI is InChI=1S/C8H2F2N2S/c9-4-1-5(10)8-6(2-4)12-7(3-11)13-8/h1-2H. The Bertz CT molecular complexity index is 513. The van der Waals surface area contributed by atoms with Gasteiger partial charge in [-0.1, -0.05) is 0 Å². The highest BCUT2D eigenvalue weighted by molar-refractivity contribution is 7.19. The predicted octanol–water partition coefficient (Wildman–Crippen LogP) is 2.45. The second kappa shape index (κ2) is 2.75. The quantitative estimate of drug-likeness (QED) is 0.648. The normalized spacial score (nSPS) is 10.2. The van der Waals surface area contributed by atoms with Gasteiger partial charge in [0.15, 0.2) is 5.01 Å². The Balaban J connectivity index is 2.84. The molecule has 0 spiro atoms. The number of hydrogen-bond acceptors (Lipinski definition) is 3. The van der Waals surface area contributed by atoms with Gasteiger partial charge in [-0.05, 0) is 0 Å². The monoisotopic (exact) mass is 196 g/mol. The molecule has 0 aliphatic rings. The highest BCUT2D eigenvalue weighted by Crippen LogP contribution is 2.25. The number of nitriles is 1. The minimum Gasteiger partial charge on any atom is -0.226 e. The van der Waals surface area contributed by atoms with Gasteiger partial charge in [0.1, 0.15) is 17.7 Å². The molecule has 2 aromatic rings. The van der Waals surface area contributed by atoms with Crippen molar-refractivity contribution in [2.24, 2.45) is 0 Å². The lowest BCUT2D eigenvalue weighted by molar-refractivity contribution is 0.593. The van der Waals surface area contributed by atoms with E-state index in [2.05, 4.69) is 4.98 Å². The minimum absolute atomic E-state index is 0.138. The Kier molecular flexibility index (Phi) is 1.71. The van der Waals surface area contributed by atoms with Crippen LogP contribution in [0.4, 0.5) is 8.78 Å². The lowest BCUT2D eigenvalue weighted by Gasteiger charge is -1.89. The number of hydrogen-bond donors (Lipinski definition) is 0. The summed E-state index contributed by atoms with van der Waals surface area (Å²) < 4.78 is 25.9. The molecule has 1 heterocycles. The van der Waals surface area contributed by atoms with Crippen LogP contribution < -0.4 is 0 Å². The molecule has 1 aromatic heterocycles. The van der Waals surface area contributed by atoms with Crippen molar-refractivity contribution >= 4 is 21.6 Å². The zero-order valence-corrected chi connectivity index (χ0v) is 7.03. The molecular formula is C8H2F2N2S. The zero-order chi connectivity index (χ0) is 9.42. The molecule has 13 heavy (non-hydrogen) atoms. The fraction of sp³-hybridized carbons (Fsp3) is 0. The first kappa shape index (κ1) is 8.08. The van der Waals surface area contributed by atoms with Crippen molar-refractivity contribution in [3.8, 4) is 6.07 Å². The number of fused-ring (bicyclic) bond motifs is 1. The molecule has 0 radical (unpaired) electrons. The van der Waals surface area contributed by atoms with Crippen LogP contribution in [-0.2, 0) is 0 Å². The average molecular weight is 196 g/mol. The van der Waals surface area contributed by atoms with E-state index >= 15 is 0 Å². The number of thiazole rings is 1. The Morgan fingerprint density at radius 2 is 2.15 bits per heavy atom. The molecule has 0 atom stereocenters. The van der Waals surface area contributed by atoms with Gasteiger partial charge in [0.25, 0.3) is 0 Å². The van der Waals surface area contributed by atoms with Gasteiger partial charge in [0, 0.05) is 12.1 Å². The molecule has 0 N–H and O–H groups in total. The summed E-state index contributed by atoms with van der Waals surface area (Å²) in [5, 5.41) is 8.62. The summed E-state index contributed by atoms with van der Waals surface area (Å²) in [5.41, 5.74) is 0.194. The van der Waals surface area contributed by atoms with Crippen molar-refractivity contribution in [2.75, 3.05) is 0 Å². The molecule has 64 valence electrons. The molecule has 5 heteroatoms. The second-order valence-electron chi connectivity index (χ2n) is 2.37. The van der Waals surface area contributed by atoms with Gasteiger partial charge in [-0.25, -0.2) is 13.8 Å². The maximum atomic E-state index is 13.0. The minimum atomic E-state index is -0.681. The van der Waals surface area contributed by atoms with E-state index in [-0.39, 0.29) is 15.2 Å². The Morgan fingerprint density at radius 3 is 2.85 bits per heavy atom. The molecule has 0 amide bonds. The van der Waals surface area contributed by atoms with Gasteiger partial charge >= 0.3 is 0 Å². The largest absolute Gasteiger partial charge is 0.226 e. The van der Waals surface area contributed by atoms with Crippen LogP contribution >= 0.6 is 11.3 Å². The first-order valence-corrected chi connectivity index (χ1v) is 4.18. The van der Waals surface area contributed by atoms with Gasteiger partial charge in [0.2, 0.25) is 0 Å². The highest BCUT2D eigenvalue weighted by atomic mass is 32.1. The van der Waals surface area contributed by atoms with Crippen LogP contribution in [0, 0.1) is 23.0 Å². The van der Waals surface area contributed by atoms with Gasteiger partial charge in [-0.15, -0.1) is 11.3 Å². The predicted molar refractivity (Wildman–Crippen MR) is 44.3 cm³/mol. The van der Waals surface area contributed by atoms with Crippen molar-refractivity contribution in [1.82, 2.24) is 4.98 Å². The third-order valence-corrected chi connectivity index (χ3v) is 2.49. The molecular weight excluding hydrogens is 194 g/mol.